The number of ketones is 1. The van der Waals surface area contributed by atoms with E-state index in [0.717, 1.165) is 29.0 Å². The summed E-state index contributed by atoms with van der Waals surface area (Å²) in [4.78, 5) is 25.5. The Morgan fingerprint density at radius 1 is 1.20 bits per heavy atom. The molecule has 4 rings (SSSR count). The third-order valence-electron chi connectivity index (χ3n) is 3.95. The van der Waals surface area contributed by atoms with Crippen molar-refractivity contribution in [2.75, 3.05) is 5.32 Å². The van der Waals surface area contributed by atoms with E-state index in [9.17, 15) is 9.59 Å². The molecule has 1 aliphatic carbocycles. The minimum absolute atomic E-state index is 0.156. The van der Waals surface area contributed by atoms with Gasteiger partial charge < -0.3 is 5.32 Å². The van der Waals surface area contributed by atoms with E-state index in [1.54, 1.807) is 11.3 Å². The van der Waals surface area contributed by atoms with Crippen LogP contribution in [0, 0.1) is 0 Å². The Morgan fingerprint density at radius 3 is 2.90 bits per heavy atom. The summed E-state index contributed by atoms with van der Waals surface area (Å²) in [7, 11) is 0. The number of aromatic nitrogens is 2. The van der Waals surface area contributed by atoms with Gasteiger partial charge >= 0.3 is 0 Å². The van der Waals surface area contributed by atoms with Crippen LogP contribution in [0.15, 0.2) is 33.6 Å². The first-order valence-electron chi connectivity index (χ1n) is 6.63. The van der Waals surface area contributed by atoms with Crippen LogP contribution in [0.5, 0.6) is 0 Å². The van der Waals surface area contributed by atoms with Gasteiger partial charge in [0, 0.05) is 22.6 Å². The Balaban J connectivity index is 1.99. The van der Waals surface area contributed by atoms with E-state index < -0.39 is 0 Å². The molecule has 20 heavy (non-hydrogen) atoms. The molecule has 1 atom stereocenters. The molecule has 0 aromatic carbocycles. The summed E-state index contributed by atoms with van der Waals surface area (Å²) >= 11 is 1.58. The second-order valence-corrected chi connectivity index (χ2v) is 6.09. The Labute approximate surface area is 118 Å². The summed E-state index contributed by atoms with van der Waals surface area (Å²) in [5.41, 5.74) is 2.20. The van der Waals surface area contributed by atoms with Crippen LogP contribution in [0.2, 0.25) is 0 Å². The highest BCUT2D eigenvalue weighted by atomic mass is 32.1. The van der Waals surface area contributed by atoms with Crippen molar-refractivity contribution in [3.8, 4) is 0 Å². The van der Waals surface area contributed by atoms with Crippen LogP contribution in [0.3, 0.4) is 0 Å². The van der Waals surface area contributed by atoms with Gasteiger partial charge in [-0.25, -0.2) is 0 Å². The monoisotopic (exact) mass is 287 g/mol. The number of anilines is 1. The van der Waals surface area contributed by atoms with Crippen LogP contribution in [0.25, 0.3) is 0 Å². The van der Waals surface area contributed by atoms with Gasteiger partial charge in [0.2, 0.25) is 0 Å². The highest BCUT2D eigenvalue weighted by Crippen LogP contribution is 2.44. The summed E-state index contributed by atoms with van der Waals surface area (Å²) < 4.78 is 0. The number of fused-ring (bicyclic) bond motifs is 1. The minimum atomic E-state index is -0.232. The van der Waals surface area contributed by atoms with Crippen molar-refractivity contribution in [2.24, 2.45) is 0 Å². The Morgan fingerprint density at radius 2 is 2.10 bits per heavy atom. The zero-order valence-corrected chi connectivity index (χ0v) is 11.5. The normalized spacial score (nSPS) is 21.4. The lowest BCUT2D eigenvalue weighted by Gasteiger charge is -2.30. The second-order valence-electron chi connectivity index (χ2n) is 5.11. The lowest BCUT2D eigenvalue weighted by molar-refractivity contribution is -0.116. The fourth-order valence-corrected chi connectivity index (χ4v) is 3.95. The molecule has 0 unspecified atom stereocenters. The van der Waals surface area contributed by atoms with Crippen LogP contribution in [0.4, 0.5) is 5.82 Å². The van der Waals surface area contributed by atoms with Crippen molar-refractivity contribution in [3.05, 3.63) is 49.6 Å². The summed E-state index contributed by atoms with van der Waals surface area (Å²) in [6, 6.07) is 3.94. The molecule has 0 spiro atoms. The zero-order valence-electron chi connectivity index (χ0n) is 10.7. The number of hydrogen-bond acceptors (Lipinski definition) is 4. The van der Waals surface area contributed by atoms with Crippen LogP contribution in [-0.2, 0) is 4.79 Å². The third-order valence-corrected chi connectivity index (χ3v) is 4.89. The topological polar surface area (TPSA) is 77.8 Å². The molecule has 0 saturated carbocycles. The molecule has 2 aromatic rings. The number of allylic oxidation sites excluding steroid dienone is 2. The molecule has 6 heteroatoms. The van der Waals surface area contributed by atoms with E-state index in [1.165, 1.54) is 0 Å². The van der Waals surface area contributed by atoms with Gasteiger partial charge in [-0.15, -0.1) is 11.3 Å². The van der Waals surface area contributed by atoms with Crippen LogP contribution >= 0.6 is 11.3 Å². The quantitative estimate of drug-likeness (QED) is 0.753. The highest BCUT2D eigenvalue weighted by Gasteiger charge is 2.38. The highest BCUT2D eigenvalue weighted by molar-refractivity contribution is 7.10. The lowest BCUT2D eigenvalue weighted by atomic mass is 9.79. The molecule has 0 saturated heterocycles. The maximum absolute atomic E-state index is 12.4. The average molecular weight is 287 g/mol. The summed E-state index contributed by atoms with van der Waals surface area (Å²) in [5, 5.41) is 10.7. The van der Waals surface area contributed by atoms with Crippen molar-refractivity contribution in [3.63, 3.8) is 0 Å². The molecule has 0 bridgehead atoms. The summed E-state index contributed by atoms with van der Waals surface area (Å²) in [5.74, 6) is 0.620. The maximum atomic E-state index is 12.4. The van der Waals surface area contributed by atoms with Crippen LogP contribution < -0.4 is 10.9 Å². The SMILES string of the molecule is O=C1CCCC2=C1[C@@H](c1cccs1)c1c([nH][nH]c1=O)N2. The first kappa shape index (κ1) is 11.7. The Kier molecular flexibility index (Phi) is 2.47. The molecule has 102 valence electrons. The Bertz CT molecular complexity index is 767. The smallest absolute Gasteiger partial charge is 0.270 e. The van der Waals surface area contributed by atoms with Gasteiger partial charge in [0.15, 0.2) is 5.78 Å². The maximum Gasteiger partial charge on any atom is 0.270 e. The third kappa shape index (κ3) is 1.54. The van der Waals surface area contributed by atoms with E-state index in [4.69, 9.17) is 0 Å². The van der Waals surface area contributed by atoms with Gasteiger partial charge in [0.1, 0.15) is 5.82 Å². The fourth-order valence-electron chi connectivity index (χ4n) is 3.11. The number of H-pyrrole nitrogens is 2. The van der Waals surface area contributed by atoms with Gasteiger partial charge in [-0.1, -0.05) is 6.07 Å². The van der Waals surface area contributed by atoms with E-state index in [1.807, 2.05) is 17.5 Å². The number of thiophene rings is 1. The number of aromatic amines is 2. The first-order chi connectivity index (χ1) is 9.75. The molecular weight excluding hydrogens is 274 g/mol. The van der Waals surface area contributed by atoms with E-state index >= 15 is 0 Å². The number of carbonyl (C=O) groups is 1. The van der Waals surface area contributed by atoms with E-state index in [0.29, 0.717) is 17.8 Å². The molecule has 2 aliphatic rings. The first-order valence-corrected chi connectivity index (χ1v) is 7.51. The van der Waals surface area contributed by atoms with E-state index in [-0.39, 0.29) is 17.3 Å². The van der Waals surface area contributed by atoms with Gasteiger partial charge in [0.05, 0.1) is 11.5 Å². The number of nitrogens with one attached hydrogen (secondary N) is 3. The van der Waals surface area contributed by atoms with Crippen molar-refractivity contribution in [2.45, 2.75) is 25.2 Å². The fraction of sp³-hybridized carbons (Fsp3) is 0.286. The number of Topliss-reactive ketones (excluding diaryl/α,β-unsaturated/α-hetero) is 1. The number of carbonyl (C=O) groups excluding carboxylic acids is 1. The van der Waals surface area contributed by atoms with Gasteiger partial charge in [-0.05, 0) is 24.3 Å². The Hall–Kier alpha value is -2.08. The standard InChI is InChI=1S/C14H13N3O2S/c18-8-4-1-3-7-10(8)11(9-5-2-6-20-9)12-13(15-7)16-17-14(12)19/h2,5-6,11H,1,3-4H2,(H3,15,16,17,19)/t11-/m1/s1. The molecule has 0 amide bonds. The van der Waals surface area contributed by atoms with E-state index in [2.05, 4.69) is 15.5 Å². The minimum Gasteiger partial charge on any atom is -0.343 e. The van der Waals surface area contributed by atoms with Crippen molar-refractivity contribution < 1.29 is 4.79 Å². The largest absolute Gasteiger partial charge is 0.343 e. The number of hydrogen-bond donors (Lipinski definition) is 3. The van der Waals surface area contributed by atoms with Crippen LogP contribution in [0.1, 0.15) is 35.6 Å². The molecule has 0 fully saturated rings. The molecule has 3 heterocycles. The van der Waals surface area contributed by atoms with Crippen molar-refractivity contribution >= 4 is 22.9 Å². The predicted octanol–water partition coefficient (Wildman–Crippen LogP) is 2.33. The second kappa shape index (κ2) is 4.21. The molecule has 1 aliphatic heterocycles. The van der Waals surface area contributed by atoms with Gasteiger partial charge in [-0.2, -0.15) is 0 Å². The van der Waals surface area contributed by atoms with Crippen LogP contribution in [-0.4, -0.2) is 16.0 Å². The molecule has 5 nitrogen and oxygen atoms in total. The van der Waals surface area contributed by atoms with Crippen molar-refractivity contribution in [1.82, 2.24) is 10.2 Å². The molecule has 3 N–H and O–H groups in total. The zero-order chi connectivity index (χ0) is 13.7. The molecule has 0 radical (unpaired) electrons. The van der Waals surface area contributed by atoms with Gasteiger partial charge in [-0.3, -0.25) is 19.8 Å². The predicted molar refractivity (Wildman–Crippen MR) is 77.1 cm³/mol. The number of rotatable bonds is 1. The van der Waals surface area contributed by atoms with Crippen molar-refractivity contribution in [1.29, 1.82) is 0 Å². The average Bonchev–Trinajstić information content (AvgIpc) is 3.08. The molecule has 2 aromatic heterocycles. The van der Waals surface area contributed by atoms with Gasteiger partial charge in [0.25, 0.3) is 5.56 Å². The lowest BCUT2D eigenvalue weighted by Crippen LogP contribution is -2.28. The molecular formula is C14H13N3O2S. The summed E-state index contributed by atoms with van der Waals surface area (Å²) in [6.07, 6.45) is 2.29. The summed E-state index contributed by atoms with van der Waals surface area (Å²) in [6.45, 7) is 0.